The number of benzene rings is 2. The van der Waals surface area contributed by atoms with Crippen molar-refractivity contribution in [1.29, 1.82) is 0 Å². The lowest BCUT2D eigenvalue weighted by atomic mass is 10.1. The minimum atomic E-state index is 0.0563. The molecule has 6 heteroatoms. The smallest absolute Gasteiger partial charge is 0.279 e. The maximum Gasteiger partial charge on any atom is 0.279 e. The average Bonchev–Trinajstić information content (AvgIpc) is 2.69. The Morgan fingerprint density at radius 2 is 1.73 bits per heavy atom. The molecule has 1 saturated heterocycles. The van der Waals surface area contributed by atoms with Crippen molar-refractivity contribution in [1.82, 2.24) is 9.97 Å². The third-order valence-electron chi connectivity index (χ3n) is 4.78. The van der Waals surface area contributed by atoms with Crippen LogP contribution in [0.3, 0.4) is 0 Å². The van der Waals surface area contributed by atoms with Gasteiger partial charge in [0, 0.05) is 23.5 Å². The molecular weight excluding hydrogens is 326 g/mol. The largest absolute Gasteiger partial charge is 0.330 e. The van der Waals surface area contributed by atoms with Crippen LogP contribution in [0.25, 0.3) is 10.8 Å². The van der Waals surface area contributed by atoms with Gasteiger partial charge < -0.3 is 15.1 Å². The summed E-state index contributed by atoms with van der Waals surface area (Å²) >= 11 is 0. The molecule has 26 heavy (non-hydrogen) atoms. The monoisotopic (exact) mass is 348 g/mol. The molecule has 6 nitrogen and oxygen atoms in total. The van der Waals surface area contributed by atoms with Crippen molar-refractivity contribution in [2.45, 2.75) is 0 Å². The number of aromatic nitrogens is 2. The fraction of sp³-hybridized carbons (Fsp3) is 0.250. The maximum atomic E-state index is 12.5. The Bertz CT molecular complexity index is 886. The van der Waals surface area contributed by atoms with Crippen LogP contribution in [0.15, 0.2) is 60.9 Å². The van der Waals surface area contributed by atoms with Gasteiger partial charge in [-0.1, -0.05) is 36.4 Å². The highest BCUT2D eigenvalue weighted by atomic mass is 16.2. The van der Waals surface area contributed by atoms with Crippen LogP contribution in [0.4, 0.5) is 11.6 Å². The zero-order chi connectivity index (χ0) is 17.8. The van der Waals surface area contributed by atoms with E-state index in [1.807, 2.05) is 36.4 Å². The lowest BCUT2D eigenvalue weighted by Gasteiger charge is -2.31. The van der Waals surface area contributed by atoms with Gasteiger partial charge >= 0.3 is 0 Å². The molecule has 0 atom stereocenters. The molecule has 1 aromatic heterocycles. The van der Waals surface area contributed by atoms with Crippen LogP contribution in [0.1, 0.15) is 0 Å². The molecule has 2 heterocycles. The standard InChI is InChI=1S/C20H21N5O/c26-19(23-18-8-3-6-16-5-1-2-7-17(16)18)15-24-11-13-25(14-12-24)20-21-9-4-10-22-20/h1-10H,11-15H2,(H,23,26)/p+1. The van der Waals surface area contributed by atoms with Crippen molar-refractivity contribution >= 4 is 28.3 Å². The zero-order valence-corrected chi connectivity index (χ0v) is 14.6. The highest BCUT2D eigenvalue weighted by molar-refractivity contribution is 6.02. The fourth-order valence-corrected chi connectivity index (χ4v) is 3.41. The van der Waals surface area contributed by atoms with E-state index in [0.717, 1.165) is 48.6 Å². The summed E-state index contributed by atoms with van der Waals surface area (Å²) in [6.45, 7) is 4.01. The SMILES string of the molecule is O=C(C[NH+]1CCN(c2ncccn2)CC1)Nc1cccc2ccccc12. The van der Waals surface area contributed by atoms with Crippen molar-refractivity contribution in [3.05, 3.63) is 60.9 Å². The third kappa shape index (κ3) is 3.65. The van der Waals surface area contributed by atoms with Crippen LogP contribution < -0.4 is 15.1 Å². The van der Waals surface area contributed by atoms with Gasteiger partial charge in [-0.05, 0) is 17.5 Å². The third-order valence-corrected chi connectivity index (χ3v) is 4.78. The van der Waals surface area contributed by atoms with Crippen molar-refractivity contribution in [3.8, 4) is 0 Å². The lowest BCUT2D eigenvalue weighted by Crippen LogP contribution is -3.15. The first kappa shape index (κ1) is 16.5. The summed E-state index contributed by atoms with van der Waals surface area (Å²) in [5.41, 5.74) is 0.879. The Balaban J connectivity index is 1.34. The fourth-order valence-electron chi connectivity index (χ4n) is 3.41. The van der Waals surface area contributed by atoms with Crippen molar-refractivity contribution < 1.29 is 9.69 Å². The van der Waals surface area contributed by atoms with Crippen LogP contribution in [0, 0.1) is 0 Å². The molecule has 0 bridgehead atoms. The van der Waals surface area contributed by atoms with E-state index in [1.54, 1.807) is 12.4 Å². The summed E-state index contributed by atoms with van der Waals surface area (Å²) in [4.78, 5) is 24.6. The molecule has 3 aromatic rings. The van der Waals surface area contributed by atoms with Crippen LogP contribution in [0.5, 0.6) is 0 Å². The number of carbonyl (C=O) groups excluding carboxylic acids is 1. The van der Waals surface area contributed by atoms with E-state index in [1.165, 1.54) is 4.90 Å². The number of fused-ring (bicyclic) bond motifs is 1. The second-order valence-electron chi connectivity index (χ2n) is 6.54. The Morgan fingerprint density at radius 1 is 1.00 bits per heavy atom. The molecule has 1 fully saturated rings. The minimum absolute atomic E-state index is 0.0563. The Morgan fingerprint density at radius 3 is 2.54 bits per heavy atom. The van der Waals surface area contributed by atoms with E-state index in [9.17, 15) is 4.79 Å². The van der Waals surface area contributed by atoms with Gasteiger partial charge in [-0.15, -0.1) is 0 Å². The molecule has 4 rings (SSSR count). The molecule has 0 radical (unpaired) electrons. The summed E-state index contributed by atoms with van der Waals surface area (Å²) < 4.78 is 0. The van der Waals surface area contributed by atoms with E-state index in [4.69, 9.17) is 0 Å². The number of carbonyl (C=O) groups is 1. The number of hydrogen-bond donors (Lipinski definition) is 2. The first-order chi connectivity index (χ1) is 12.8. The number of amides is 1. The van der Waals surface area contributed by atoms with E-state index < -0.39 is 0 Å². The zero-order valence-electron chi connectivity index (χ0n) is 14.6. The normalized spacial score (nSPS) is 15.2. The number of anilines is 2. The summed E-state index contributed by atoms with van der Waals surface area (Å²) in [5, 5.41) is 5.28. The minimum Gasteiger partial charge on any atom is -0.330 e. The number of nitrogens with one attached hydrogen (secondary N) is 2. The van der Waals surface area contributed by atoms with Gasteiger partial charge in [-0.25, -0.2) is 9.97 Å². The number of hydrogen-bond acceptors (Lipinski definition) is 4. The molecule has 2 N–H and O–H groups in total. The first-order valence-corrected chi connectivity index (χ1v) is 8.93. The van der Waals surface area contributed by atoms with Crippen LogP contribution >= 0.6 is 0 Å². The van der Waals surface area contributed by atoms with E-state index in [2.05, 4.69) is 32.3 Å². The molecule has 0 aliphatic carbocycles. The predicted molar refractivity (Wildman–Crippen MR) is 102 cm³/mol. The van der Waals surface area contributed by atoms with Crippen molar-refractivity contribution in [2.75, 3.05) is 42.9 Å². The Labute approximate surface area is 152 Å². The number of nitrogens with zero attached hydrogens (tertiary/aromatic N) is 3. The van der Waals surface area contributed by atoms with E-state index in [-0.39, 0.29) is 5.91 Å². The topological polar surface area (TPSA) is 62.6 Å². The molecule has 2 aromatic carbocycles. The molecule has 1 aliphatic heterocycles. The average molecular weight is 348 g/mol. The summed E-state index contributed by atoms with van der Waals surface area (Å²) in [5.74, 6) is 0.826. The van der Waals surface area contributed by atoms with Crippen LogP contribution in [0.2, 0.25) is 0 Å². The van der Waals surface area contributed by atoms with Crippen LogP contribution in [-0.4, -0.2) is 48.6 Å². The molecule has 0 unspecified atom stereocenters. The number of piperazine rings is 1. The van der Waals surface area contributed by atoms with Gasteiger partial charge in [0.2, 0.25) is 5.95 Å². The molecule has 1 amide bonds. The summed E-state index contributed by atoms with van der Waals surface area (Å²) in [7, 11) is 0. The second-order valence-corrected chi connectivity index (χ2v) is 6.54. The number of rotatable bonds is 4. The van der Waals surface area contributed by atoms with Crippen LogP contribution in [-0.2, 0) is 4.79 Å². The highest BCUT2D eigenvalue weighted by Crippen LogP contribution is 2.22. The molecule has 1 aliphatic rings. The molecular formula is C20H22N5O+. The molecule has 0 spiro atoms. The van der Waals surface area contributed by atoms with Gasteiger partial charge in [-0.2, -0.15) is 0 Å². The predicted octanol–water partition coefficient (Wildman–Crippen LogP) is 0.973. The van der Waals surface area contributed by atoms with Crippen molar-refractivity contribution in [2.24, 2.45) is 0 Å². The van der Waals surface area contributed by atoms with E-state index in [0.29, 0.717) is 6.54 Å². The molecule has 0 saturated carbocycles. The number of quaternary nitrogens is 1. The Kier molecular flexibility index (Phi) is 4.75. The molecule has 132 valence electrons. The van der Waals surface area contributed by atoms with Gasteiger partial charge in [0.25, 0.3) is 5.91 Å². The lowest BCUT2D eigenvalue weighted by molar-refractivity contribution is -0.892. The second kappa shape index (κ2) is 7.49. The van der Waals surface area contributed by atoms with Gasteiger partial charge in [0.05, 0.1) is 26.2 Å². The summed E-state index contributed by atoms with van der Waals surface area (Å²) in [6, 6.07) is 15.9. The van der Waals surface area contributed by atoms with E-state index >= 15 is 0 Å². The Hall–Kier alpha value is -2.99. The van der Waals surface area contributed by atoms with Gasteiger partial charge in [0.1, 0.15) is 0 Å². The quantitative estimate of drug-likeness (QED) is 0.738. The van der Waals surface area contributed by atoms with Crippen molar-refractivity contribution in [3.63, 3.8) is 0 Å². The first-order valence-electron chi connectivity index (χ1n) is 8.93. The summed E-state index contributed by atoms with van der Waals surface area (Å²) in [6.07, 6.45) is 3.53. The maximum absolute atomic E-state index is 12.5. The van der Waals surface area contributed by atoms with Gasteiger partial charge in [0.15, 0.2) is 6.54 Å². The van der Waals surface area contributed by atoms with Gasteiger partial charge in [-0.3, -0.25) is 4.79 Å². The highest BCUT2D eigenvalue weighted by Gasteiger charge is 2.23.